The molecule has 2 aromatic carbocycles. The summed E-state index contributed by atoms with van der Waals surface area (Å²) in [6, 6.07) is 14.3. The summed E-state index contributed by atoms with van der Waals surface area (Å²) in [5.74, 6) is 0.177. The normalized spacial score (nSPS) is 18.3. The first kappa shape index (κ1) is 19.6. The van der Waals surface area contributed by atoms with Gasteiger partial charge in [-0.15, -0.1) is 0 Å². The van der Waals surface area contributed by atoms with Crippen molar-refractivity contribution in [1.29, 1.82) is 0 Å². The van der Waals surface area contributed by atoms with Gasteiger partial charge in [0.25, 0.3) is 5.91 Å². The first-order valence-electron chi connectivity index (χ1n) is 10.2. The van der Waals surface area contributed by atoms with Crippen LogP contribution in [0.3, 0.4) is 0 Å². The molecule has 0 aromatic heterocycles. The van der Waals surface area contributed by atoms with Crippen molar-refractivity contribution < 1.29 is 14.3 Å². The summed E-state index contributed by atoms with van der Waals surface area (Å²) in [6.07, 6.45) is 0. The number of piperazine rings is 1. The minimum atomic E-state index is -0.379. The lowest BCUT2D eigenvalue weighted by atomic mass is 9.86. The van der Waals surface area contributed by atoms with E-state index in [2.05, 4.69) is 32.0 Å². The molecule has 2 aromatic rings. The standard InChI is InChI=1S/C24H28N2O3/c1-17-4-5-18(2)21(14-17)19-6-8-20(9-7-19)22(27)25-10-12-26(13-11-25)23(28)24(3)15-29-16-24/h4-9,14H,10-13,15-16H2,1-3H3. The number of carbonyl (C=O) groups excluding carboxylic acids is 2. The summed E-state index contributed by atoms with van der Waals surface area (Å²) < 4.78 is 5.21. The Morgan fingerprint density at radius 3 is 2.10 bits per heavy atom. The Kier molecular flexibility index (Phi) is 5.17. The first-order chi connectivity index (χ1) is 13.9. The molecule has 0 spiro atoms. The van der Waals surface area contributed by atoms with Crippen molar-refractivity contribution in [3.63, 3.8) is 0 Å². The van der Waals surface area contributed by atoms with Crippen LogP contribution in [-0.4, -0.2) is 61.0 Å². The minimum absolute atomic E-state index is 0.0304. The zero-order valence-corrected chi connectivity index (χ0v) is 17.4. The maximum Gasteiger partial charge on any atom is 0.253 e. The van der Waals surface area contributed by atoms with Crippen LogP contribution in [0.5, 0.6) is 0 Å². The number of carbonyl (C=O) groups is 2. The maximum absolute atomic E-state index is 12.9. The van der Waals surface area contributed by atoms with Gasteiger partial charge in [-0.25, -0.2) is 0 Å². The number of rotatable bonds is 3. The predicted octanol–water partition coefficient (Wildman–Crippen LogP) is 3.29. The molecule has 2 fully saturated rings. The molecule has 152 valence electrons. The zero-order valence-electron chi connectivity index (χ0n) is 17.4. The number of aryl methyl sites for hydroxylation is 2. The molecule has 0 atom stereocenters. The number of amides is 2. The van der Waals surface area contributed by atoms with Crippen molar-refractivity contribution in [2.75, 3.05) is 39.4 Å². The third kappa shape index (κ3) is 3.79. The highest BCUT2D eigenvalue weighted by Crippen LogP contribution is 2.30. The van der Waals surface area contributed by atoms with Crippen LogP contribution in [0.15, 0.2) is 42.5 Å². The Balaban J connectivity index is 1.40. The van der Waals surface area contributed by atoms with Crippen LogP contribution >= 0.6 is 0 Å². The lowest BCUT2D eigenvalue weighted by Crippen LogP contribution is -2.58. The molecule has 0 N–H and O–H groups in total. The summed E-state index contributed by atoms with van der Waals surface area (Å²) >= 11 is 0. The van der Waals surface area contributed by atoms with Crippen molar-refractivity contribution in [3.8, 4) is 11.1 Å². The number of nitrogens with zero attached hydrogens (tertiary/aromatic N) is 2. The van der Waals surface area contributed by atoms with Crippen LogP contribution in [0.2, 0.25) is 0 Å². The van der Waals surface area contributed by atoms with Gasteiger partial charge in [-0.05, 0) is 49.6 Å². The predicted molar refractivity (Wildman–Crippen MR) is 113 cm³/mol. The van der Waals surface area contributed by atoms with Crippen molar-refractivity contribution in [2.45, 2.75) is 20.8 Å². The lowest BCUT2D eigenvalue weighted by molar-refractivity contribution is -0.170. The van der Waals surface area contributed by atoms with E-state index in [0.29, 0.717) is 45.0 Å². The summed E-state index contributed by atoms with van der Waals surface area (Å²) in [5, 5.41) is 0. The number of hydrogen-bond acceptors (Lipinski definition) is 3. The van der Waals surface area contributed by atoms with Crippen LogP contribution < -0.4 is 0 Å². The van der Waals surface area contributed by atoms with Crippen LogP contribution in [0.25, 0.3) is 11.1 Å². The molecule has 0 bridgehead atoms. The Hall–Kier alpha value is -2.66. The Morgan fingerprint density at radius 1 is 0.897 bits per heavy atom. The molecule has 2 saturated heterocycles. The molecular weight excluding hydrogens is 364 g/mol. The van der Waals surface area contributed by atoms with Crippen LogP contribution in [-0.2, 0) is 9.53 Å². The van der Waals surface area contributed by atoms with Crippen LogP contribution in [0.4, 0.5) is 0 Å². The van der Waals surface area contributed by atoms with E-state index in [-0.39, 0.29) is 17.2 Å². The molecule has 2 heterocycles. The van der Waals surface area contributed by atoms with Gasteiger partial charge in [0.15, 0.2) is 0 Å². The van der Waals surface area contributed by atoms with E-state index in [4.69, 9.17) is 4.74 Å². The topological polar surface area (TPSA) is 49.9 Å². The largest absolute Gasteiger partial charge is 0.379 e. The number of hydrogen-bond donors (Lipinski definition) is 0. The van der Waals surface area contributed by atoms with Gasteiger partial charge in [0, 0.05) is 31.7 Å². The molecule has 4 rings (SSSR count). The fourth-order valence-electron chi connectivity index (χ4n) is 4.05. The second-order valence-corrected chi connectivity index (χ2v) is 8.53. The molecule has 2 aliphatic rings. The molecule has 2 amide bonds. The lowest BCUT2D eigenvalue weighted by Gasteiger charge is -2.43. The quantitative estimate of drug-likeness (QED) is 0.805. The maximum atomic E-state index is 12.9. The molecule has 5 nitrogen and oxygen atoms in total. The van der Waals surface area contributed by atoms with E-state index in [1.54, 1.807) is 0 Å². The van der Waals surface area contributed by atoms with Gasteiger partial charge in [-0.1, -0.05) is 35.9 Å². The van der Waals surface area contributed by atoms with Gasteiger partial charge >= 0.3 is 0 Å². The van der Waals surface area contributed by atoms with E-state index in [0.717, 1.165) is 5.56 Å². The Bertz CT molecular complexity index is 924. The molecule has 29 heavy (non-hydrogen) atoms. The monoisotopic (exact) mass is 392 g/mol. The van der Waals surface area contributed by atoms with Gasteiger partial charge in [0.1, 0.15) is 0 Å². The summed E-state index contributed by atoms with van der Waals surface area (Å²) in [7, 11) is 0. The van der Waals surface area contributed by atoms with Crippen molar-refractivity contribution in [3.05, 3.63) is 59.2 Å². The fraction of sp³-hybridized carbons (Fsp3) is 0.417. The Morgan fingerprint density at radius 2 is 1.52 bits per heavy atom. The minimum Gasteiger partial charge on any atom is -0.379 e. The molecule has 0 radical (unpaired) electrons. The zero-order chi connectivity index (χ0) is 20.6. The highest BCUT2D eigenvalue weighted by Gasteiger charge is 2.44. The van der Waals surface area contributed by atoms with E-state index in [1.807, 2.05) is 41.0 Å². The fourth-order valence-corrected chi connectivity index (χ4v) is 4.05. The highest BCUT2D eigenvalue weighted by molar-refractivity contribution is 5.95. The molecular formula is C24H28N2O3. The third-order valence-corrected chi connectivity index (χ3v) is 6.05. The SMILES string of the molecule is Cc1ccc(C)c(-c2ccc(C(=O)N3CCN(C(=O)C4(C)COC4)CC3)cc2)c1. The van der Waals surface area contributed by atoms with Gasteiger partial charge in [-0.2, -0.15) is 0 Å². The highest BCUT2D eigenvalue weighted by atomic mass is 16.5. The van der Waals surface area contributed by atoms with E-state index < -0.39 is 0 Å². The molecule has 2 aliphatic heterocycles. The first-order valence-corrected chi connectivity index (χ1v) is 10.2. The molecule has 0 saturated carbocycles. The summed E-state index contributed by atoms with van der Waals surface area (Å²) in [6.45, 7) is 9.44. The van der Waals surface area contributed by atoms with Crippen molar-refractivity contribution >= 4 is 11.8 Å². The van der Waals surface area contributed by atoms with Gasteiger partial charge in [0.2, 0.25) is 5.91 Å². The summed E-state index contributed by atoms with van der Waals surface area (Å²) in [5.41, 5.74) is 5.08. The second-order valence-electron chi connectivity index (χ2n) is 8.53. The van der Waals surface area contributed by atoms with Gasteiger partial charge < -0.3 is 14.5 Å². The van der Waals surface area contributed by atoms with Gasteiger partial charge in [-0.3, -0.25) is 9.59 Å². The Labute approximate surface area is 172 Å². The molecule has 5 heteroatoms. The van der Waals surface area contributed by atoms with Gasteiger partial charge in [0.05, 0.1) is 18.6 Å². The molecule has 0 unspecified atom stereocenters. The van der Waals surface area contributed by atoms with Crippen LogP contribution in [0.1, 0.15) is 28.4 Å². The van der Waals surface area contributed by atoms with Crippen LogP contribution in [0, 0.1) is 19.3 Å². The summed E-state index contributed by atoms with van der Waals surface area (Å²) in [4.78, 5) is 29.2. The van der Waals surface area contributed by atoms with Crippen molar-refractivity contribution in [2.24, 2.45) is 5.41 Å². The second kappa shape index (κ2) is 7.64. The van der Waals surface area contributed by atoms with E-state index in [1.165, 1.54) is 16.7 Å². The van der Waals surface area contributed by atoms with E-state index >= 15 is 0 Å². The average Bonchev–Trinajstić information content (AvgIpc) is 2.73. The molecule has 0 aliphatic carbocycles. The third-order valence-electron chi connectivity index (χ3n) is 6.05. The average molecular weight is 392 g/mol. The number of benzene rings is 2. The smallest absolute Gasteiger partial charge is 0.253 e. The van der Waals surface area contributed by atoms with Crippen molar-refractivity contribution in [1.82, 2.24) is 9.80 Å². The number of ether oxygens (including phenoxy) is 1. The van der Waals surface area contributed by atoms with E-state index in [9.17, 15) is 9.59 Å².